The number of benzene rings is 1. The Bertz CT molecular complexity index is 756. The van der Waals surface area contributed by atoms with Crippen LogP contribution in [-0.4, -0.2) is 45.0 Å². The molecule has 2 aromatic rings. The second-order valence-electron chi connectivity index (χ2n) is 6.58. The van der Waals surface area contributed by atoms with Gasteiger partial charge in [-0.3, -0.25) is 0 Å². The van der Waals surface area contributed by atoms with Gasteiger partial charge in [-0.1, -0.05) is 13.0 Å². The monoisotopic (exact) mass is 343 g/mol. The van der Waals surface area contributed by atoms with Gasteiger partial charge in [0.15, 0.2) is 5.96 Å². The highest BCUT2D eigenvalue weighted by molar-refractivity contribution is 7.99. The molecule has 2 N–H and O–H groups in total. The average Bonchev–Trinajstić information content (AvgIpc) is 3.40. The summed E-state index contributed by atoms with van der Waals surface area (Å²) in [5.74, 6) is 4.16. The molecular weight excluding hydrogens is 318 g/mol. The maximum absolute atomic E-state index is 6.15. The van der Waals surface area contributed by atoms with Crippen LogP contribution in [0.25, 0.3) is 11.0 Å². The molecule has 4 rings (SSSR count). The molecule has 24 heavy (non-hydrogen) atoms. The molecule has 2 fully saturated rings. The first-order valence-electron chi connectivity index (χ1n) is 8.88. The summed E-state index contributed by atoms with van der Waals surface area (Å²) in [5.41, 5.74) is 9.70. The predicted molar refractivity (Wildman–Crippen MR) is 102 cm³/mol. The highest BCUT2D eigenvalue weighted by atomic mass is 32.2. The summed E-state index contributed by atoms with van der Waals surface area (Å²) in [6.07, 6.45) is 3.56. The molecule has 6 heteroatoms. The first kappa shape index (κ1) is 15.8. The fourth-order valence-corrected chi connectivity index (χ4v) is 4.25. The minimum atomic E-state index is 0.628. The molecule has 1 aliphatic heterocycles. The highest BCUT2D eigenvalue weighted by Gasteiger charge is 2.27. The third kappa shape index (κ3) is 3.11. The molecule has 0 atom stereocenters. The summed E-state index contributed by atoms with van der Waals surface area (Å²) in [5, 5.41) is 0. The molecule has 5 nitrogen and oxygen atoms in total. The molecule has 0 bridgehead atoms. The zero-order chi connectivity index (χ0) is 16.5. The Kier molecular flexibility index (Phi) is 4.39. The molecule has 1 saturated heterocycles. The number of hydrogen-bond acceptors (Lipinski definition) is 3. The van der Waals surface area contributed by atoms with Gasteiger partial charge in [-0.15, -0.1) is 0 Å². The molecule has 0 unspecified atom stereocenters. The summed E-state index contributed by atoms with van der Waals surface area (Å²) in [6, 6.07) is 7.22. The van der Waals surface area contributed by atoms with Gasteiger partial charge >= 0.3 is 0 Å². The molecule has 0 spiro atoms. The zero-order valence-corrected chi connectivity index (χ0v) is 15.1. The van der Waals surface area contributed by atoms with Crippen LogP contribution < -0.4 is 5.73 Å². The van der Waals surface area contributed by atoms with Gasteiger partial charge in [0.05, 0.1) is 17.6 Å². The van der Waals surface area contributed by atoms with E-state index >= 15 is 0 Å². The first-order valence-corrected chi connectivity index (χ1v) is 10.0. The van der Waals surface area contributed by atoms with Gasteiger partial charge in [0, 0.05) is 37.1 Å². The van der Waals surface area contributed by atoms with E-state index in [-0.39, 0.29) is 0 Å². The van der Waals surface area contributed by atoms with E-state index in [4.69, 9.17) is 10.7 Å². The van der Waals surface area contributed by atoms with Gasteiger partial charge in [0.2, 0.25) is 0 Å². The smallest absolute Gasteiger partial charge is 0.191 e. The van der Waals surface area contributed by atoms with Crippen molar-refractivity contribution >= 4 is 28.8 Å². The lowest BCUT2D eigenvalue weighted by atomic mass is 10.2. The van der Waals surface area contributed by atoms with Gasteiger partial charge in [-0.2, -0.15) is 11.8 Å². The second-order valence-corrected chi connectivity index (χ2v) is 7.80. The van der Waals surface area contributed by atoms with Gasteiger partial charge in [-0.05, 0) is 30.5 Å². The van der Waals surface area contributed by atoms with Crippen LogP contribution in [0.5, 0.6) is 0 Å². The Morgan fingerprint density at radius 1 is 1.33 bits per heavy atom. The molecule has 1 saturated carbocycles. The summed E-state index contributed by atoms with van der Waals surface area (Å²) in [6.45, 7) is 4.82. The van der Waals surface area contributed by atoms with Crippen LogP contribution in [0.1, 0.15) is 37.2 Å². The van der Waals surface area contributed by atoms with Crippen LogP contribution in [-0.2, 0) is 13.0 Å². The van der Waals surface area contributed by atoms with E-state index in [9.17, 15) is 0 Å². The van der Waals surface area contributed by atoms with Crippen LogP contribution in [0.2, 0.25) is 0 Å². The minimum absolute atomic E-state index is 0.628. The molecule has 128 valence electrons. The third-order valence-corrected chi connectivity index (χ3v) is 5.76. The van der Waals surface area contributed by atoms with E-state index in [1.54, 1.807) is 0 Å². The largest absolute Gasteiger partial charge is 0.370 e. The summed E-state index contributed by atoms with van der Waals surface area (Å²) >= 11 is 1.98. The molecule has 0 amide bonds. The average molecular weight is 344 g/mol. The topological polar surface area (TPSA) is 59.4 Å². The normalized spacial score (nSPS) is 19.2. The lowest BCUT2D eigenvalue weighted by Crippen LogP contribution is -2.42. The summed E-state index contributed by atoms with van der Waals surface area (Å²) in [4.78, 5) is 11.6. The van der Waals surface area contributed by atoms with Crippen molar-refractivity contribution in [2.45, 2.75) is 38.8 Å². The molecule has 1 aromatic carbocycles. The van der Waals surface area contributed by atoms with Crippen molar-refractivity contribution in [2.75, 3.05) is 24.6 Å². The summed E-state index contributed by atoms with van der Waals surface area (Å²) in [7, 11) is 0. The van der Waals surface area contributed by atoms with E-state index in [2.05, 4.69) is 39.6 Å². The van der Waals surface area contributed by atoms with E-state index in [1.807, 2.05) is 11.8 Å². The number of guanidine groups is 1. The van der Waals surface area contributed by atoms with Crippen LogP contribution in [0.15, 0.2) is 23.2 Å². The highest BCUT2D eigenvalue weighted by Crippen LogP contribution is 2.38. The van der Waals surface area contributed by atoms with Crippen LogP contribution in [0.4, 0.5) is 0 Å². The standard InChI is InChI=1S/C18H25N5S/c1-2-17-21-15-11-13(3-6-16(15)23(17)14-4-5-14)12-20-18(19)22-7-9-24-10-8-22/h3,6,11,14H,2,4-5,7-10,12H2,1H3,(H2,19,20). The SMILES string of the molecule is CCc1nc2cc(CN=C(N)N3CCSCC3)ccc2n1C1CC1. The maximum Gasteiger partial charge on any atom is 0.191 e. The Balaban J connectivity index is 1.54. The number of thioether (sulfide) groups is 1. The Labute approximate surface area is 147 Å². The molecule has 0 radical (unpaired) electrons. The second kappa shape index (κ2) is 6.67. The number of nitrogens with two attached hydrogens (primary N) is 1. The number of aromatic nitrogens is 2. The van der Waals surface area contributed by atoms with Crippen molar-refractivity contribution < 1.29 is 0 Å². The Morgan fingerprint density at radius 3 is 2.83 bits per heavy atom. The van der Waals surface area contributed by atoms with Crippen molar-refractivity contribution in [3.8, 4) is 0 Å². The third-order valence-electron chi connectivity index (χ3n) is 4.81. The van der Waals surface area contributed by atoms with E-state index < -0.39 is 0 Å². The quantitative estimate of drug-likeness (QED) is 0.685. The number of hydrogen-bond donors (Lipinski definition) is 1. The van der Waals surface area contributed by atoms with E-state index in [1.165, 1.54) is 29.7 Å². The minimum Gasteiger partial charge on any atom is -0.370 e. The van der Waals surface area contributed by atoms with Gasteiger partial charge in [-0.25, -0.2) is 9.98 Å². The summed E-state index contributed by atoms with van der Waals surface area (Å²) < 4.78 is 2.43. The molecular formula is C18H25N5S. The van der Waals surface area contributed by atoms with Crippen molar-refractivity contribution in [3.05, 3.63) is 29.6 Å². The zero-order valence-electron chi connectivity index (χ0n) is 14.2. The van der Waals surface area contributed by atoms with Crippen molar-refractivity contribution in [2.24, 2.45) is 10.7 Å². The fourth-order valence-electron chi connectivity index (χ4n) is 3.35. The van der Waals surface area contributed by atoms with Crippen molar-refractivity contribution in [1.29, 1.82) is 0 Å². The maximum atomic E-state index is 6.15. The van der Waals surface area contributed by atoms with Crippen molar-refractivity contribution in [3.63, 3.8) is 0 Å². The van der Waals surface area contributed by atoms with Crippen molar-refractivity contribution in [1.82, 2.24) is 14.5 Å². The van der Waals surface area contributed by atoms with Gasteiger partial charge in [0.25, 0.3) is 0 Å². The van der Waals surface area contributed by atoms with E-state index in [0.717, 1.165) is 36.5 Å². The molecule has 1 aromatic heterocycles. The molecule has 2 aliphatic rings. The fraction of sp³-hybridized carbons (Fsp3) is 0.556. The number of rotatable bonds is 4. The number of imidazole rings is 1. The van der Waals surface area contributed by atoms with Crippen LogP contribution in [0, 0.1) is 0 Å². The van der Waals surface area contributed by atoms with Gasteiger partial charge in [0.1, 0.15) is 5.82 Å². The first-order chi connectivity index (χ1) is 11.8. The Morgan fingerprint density at radius 2 is 2.12 bits per heavy atom. The molecule has 2 heterocycles. The lowest BCUT2D eigenvalue weighted by Gasteiger charge is -2.27. The van der Waals surface area contributed by atoms with Crippen LogP contribution in [0.3, 0.4) is 0 Å². The number of aryl methyl sites for hydroxylation is 1. The van der Waals surface area contributed by atoms with Gasteiger partial charge < -0.3 is 15.2 Å². The van der Waals surface area contributed by atoms with E-state index in [0.29, 0.717) is 18.5 Å². The number of aliphatic imine (C=N–C) groups is 1. The van der Waals surface area contributed by atoms with Crippen LogP contribution >= 0.6 is 11.8 Å². The number of nitrogens with zero attached hydrogens (tertiary/aromatic N) is 4. The lowest BCUT2D eigenvalue weighted by molar-refractivity contribution is 0.455. The molecule has 1 aliphatic carbocycles. The Hall–Kier alpha value is -1.69. The predicted octanol–water partition coefficient (Wildman–Crippen LogP) is 2.80. The number of fused-ring (bicyclic) bond motifs is 1.